The van der Waals surface area contributed by atoms with Crippen LogP contribution in [0.5, 0.6) is 0 Å². The molecule has 0 amide bonds. The molecule has 1 aromatic rings. The summed E-state index contributed by atoms with van der Waals surface area (Å²) in [5.74, 6) is 0.851. The average molecular weight is 294 g/mol. The maximum absolute atomic E-state index is 2.42. The molecule has 1 nitrogen and oxygen atoms in total. The van der Waals surface area contributed by atoms with Crippen LogP contribution in [0.2, 0.25) is 0 Å². The first kappa shape index (κ1) is 15.9. The fraction of sp³-hybridized carbons (Fsp3) is 0.667. The van der Waals surface area contributed by atoms with Gasteiger partial charge in [-0.25, -0.2) is 0 Å². The molecule has 1 saturated carbocycles. The molecule has 0 N–H and O–H groups in total. The van der Waals surface area contributed by atoms with Crippen molar-refractivity contribution in [2.45, 2.75) is 63.3 Å². The number of halogens is 1. The summed E-state index contributed by atoms with van der Waals surface area (Å²) in [7, 11) is 4.47. The normalized spacial score (nSPS) is 23.2. The molecule has 2 aliphatic rings. The minimum absolute atomic E-state index is 0. The second kappa shape index (κ2) is 6.95. The van der Waals surface area contributed by atoms with Crippen molar-refractivity contribution in [3.8, 4) is 0 Å². The molecule has 3 rings (SSSR count). The van der Waals surface area contributed by atoms with E-state index in [1.165, 1.54) is 51.4 Å². The molecular formula is C18H28ClN. The number of likely N-dealkylation sites (N-methyl/N-ethyl adjacent to an activating group) is 1. The molecule has 0 aliphatic heterocycles. The van der Waals surface area contributed by atoms with Gasteiger partial charge in [0.1, 0.15) is 0 Å². The van der Waals surface area contributed by atoms with E-state index in [1.54, 1.807) is 16.7 Å². The molecule has 0 bridgehead atoms. The van der Waals surface area contributed by atoms with Gasteiger partial charge in [0, 0.05) is 6.04 Å². The minimum atomic E-state index is 0. The lowest BCUT2D eigenvalue weighted by Crippen LogP contribution is -2.34. The molecule has 1 fully saturated rings. The van der Waals surface area contributed by atoms with Crippen molar-refractivity contribution in [3.63, 3.8) is 0 Å². The van der Waals surface area contributed by atoms with Crippen LogP contribution < -0.4 is 0 Å². The van der Waals surface area contributed by atoms with E-state index >= 15 is 0 Å². The third-order valence-electron chi connectivity index (χ3n) is 5.27. The lowest BCUT2D eigenvalue weighted by molar-refractivity contribution is 0.266. The van der Waals surface area contributed by atoms with Crippen molar-refractivity contribution in [3.05, 3.63) is 34.9 Å². The lowest BCUT2D eigenvalue weighted by Gasteiger charge is -2.33. The van der Waals surface area contributed by atoms with Crippen molar-refractivity contribution in [2.75, 3.05) is 14.1 Å². The molecule has 2 aliphatic carbocycles. The molecule has 0 unspecified atom stereocenters. The van der Waals surface area contributed by atoms with Gasteiger partial charge in [0.15, 0.2) is 0 Å². The SMILES string of the molecule is CN(C)[C@@H]1CCc2cccc(C3CCCCC3)c2C1.Cl. The van der Waals surface area contributed by atoms with Gasteiger partial charge in [0.05, 0.1) is 0 Å². The van der Waals surface area contributed by atoms with E-state index in [0.29, 0.717) is 0 Å². The Kier molecular flexibility index (Phi) is 5.51. The zero-order valence-corrected chi connectivity index (χ0v) is 13.7. The maximum atomic E-state index is 2.42. The van der Waals surface area contributed by atoms with Crippen molar-refractivity contribution < 1.29 is 0 Å². The quantitative estimate of drug-likeness (QED) is 0.772. The van der Waals surface area contributed by atoms with Crippen LogP contribution in [-0.2, 0) is 12.8 Å². The summed E-state index contributed by atoms with van der Waals surface area (Å²) in [5.41, 5.74) is 5.05. The third kappa shape index (κ3) is 3.20. The Hall–Kier alpha value is -0.530. The van der Waals surface area contributed by atoms with Crippen molar-refractivity contribution in [1.29, 1.82) is 0 Å². The summed E-state index contributed by atoms with van der Waals surface area (Å²) in [5, 5.41) is 0. The zero-order chi connectivity index (χ0) is 13.2. The Morgan fingerprint density at radius 2 is 1.75 bits per heavy atom. The number of hydrogen-bond acceptors (Lipinski definition) is 1. The molecule has 0 radical (unpaired) electrons. The first-order valence-corrected chi connectivity index (χ1v) is 8.03. The van der Waals surface area contributed by atoms with Crippen LogP contribution in [-0.4, -0.2) is 25.0 Å². The molecular weight excluding hydrogens is 266 g/mol. The lowest BCUT2D eigenvalue weighted by atomic mass is 9.77. The molecule has 0 spiro atoms. The van der Waals surface area contributed by atoms with E-state index in [1.807, 2.05) is 0 Å². The van der Waals surface area contributed by atoms with Crippen LogP contribution in [0.1, 0.15) is 61.1 Å². The number of benzene rings is 1. The van der Waals surface area contributed by atoms with Crippen LogP contribution in [0, 0.1) is 0 Å². The van der Waals surface area contributed by atoms with E-state index in [-0.39, 0.29) is 12.4 Å². The van der Waals surface area contributed by atoms with Crippen LogP contribution in [0.3, 0.4) is 0 Å². The van der Waals surface area contributed by atoms with Gasteiger partial charge in [-0.05, 0) is 68.8 Å². The van der Waals surface area contributed by atoms with Gasteiger partial charge >= 0.3 is 0 Å². The number of hydrogen-bond donors (Lipinski definition) is 0. The van der Waals surface area contributed by atoms with E-state index in [0.717, 1.165) is 12.0 Å². The monoisotopic (exact) mass is 293 g/mol. The Morgan fingerprint density at radius 1 is 1.00 bits per heavy atom. The van der Waals surface area contributed by atoms with Gasteiger partial charge in [-0.15, -0.1) is 12.4 Å². The molecule has 1 atom stereocenters. The zero-order valence-electron chi connectivity index (χ0n) is 12.9. The summed E-state index contributed by atoms with van der Waals surface area (Å²) < 4.78 is 0. The average Bonchev–Trinajstić information content (AvgIpc) is 2.47. The molecule has 0 saturated heterocycles. The number of aryl methyl sites for hydroxylation is 1. The van der Waals surface area contributed by atoms with Gasteiger partial charge in [-0.3, -0.25) is 0 Å². The molecule has 112 valence electrons. The largest absolute Gasteiger partial charge is 0.306 e. The van der Waals surface area contributed by atoms with Gasteiger partial charge in [0.25, 0.3) is 0 Å². The smallest absolute Gasteiger partial charge is 0.0133 e. The van der Waals surface area contributed by atoms with Crippen LogP contribution in [0.4, 0.5) is 0 Å². The van der Waals surface area contributed by atoms with Gasteiger partial charge in [-0.1, -0.05) is 37.5 Å². The highest BCUT2D eigenvalue weighted by atomic mass is 35.5. The number of fused-ring (bicyclic) bond motifs is 1. The summed E-state index contributed by atoms with van der Waals surface area (Å²) in [6.45, 7) is 0. The predicted octanol–water partition coefficient (Wildman–Crippen LogP) is 4.58. The van der Waals surface area contributed by atoms with E-state index in [4.69, 9.17) is 0 Å². The molecule has 2 heteroatoms. The van der Waals surface area contributed by atoms with Crippen molar-refractivity contribution in [1.82, 2.24) is 4.90 Å². The highest BCUT2D eigenvalue weighted by molar-refractivity contribution is 5.85. The highest BCUT2D eigenvalue weighted by Crippen LogP contribution is 2.37. The fourth-order valence-corrected chi connectivity index (χ4v) is 4.03. The highest BCUT2D eigenvalue weighted by Gasteiger charge is 2.25. The first-order valence-electron chi connectivity index (χ1n) is 8.03. The standard InChI is InChI=1S/C18H27N.ClH/c1-19(2)16-12-11-15-9-6-10-17(18(15)13-16)14-7-4-3-5-8-14;/h6,9-10,14,16H,3-5,7-8,11-13H2,1-2H3;1H/t16-;/m1./s1. The van der Waals surface area contributed by atoms with Crippen LogP contribution in [0.25, 0.3) is 0 Å². The Morgan fingerprint density at radius 3 is 2.45 bits per heavy atom. The molecule has 20 heavy (non-hydrogen) atoms. The second-order valence-electron chi connectivity index (χ2n) is 6.68. The molecule has 0 aromatic heterocycles. The molecule has 1 aromatic carbocycles. The van der Waals surface area contributed by atoms with Crippen LogP contribution >= 0.6 is 12.4 Å². The first-order chi connectivity index (χ1) is 9.25. The molecule has 0 heterocycles. The Bertz CT molecular complexity index is 435. The Balaban J connectivity index is 0.00000147. The summed E-state index contributed by atoms with van der Waals surface area (Å²) >= 11 is 0. The van der Waals surface area contributed by atoms with Crippen LogP contribution in [0.15, 0.2) is 18.2 Å². The van der Waals surface area contributed by atoms with Crippen molar-refractivity contribution >= 4 is 12.4 Å². The predicted molar refractivity (Wildman–Crippen MR) is 89.0 cm³/mol. The minimum Gasteiger partial charge on any atom is -0.306 e. The second-order valence-corrected chi connectivity index (χ2v) is 6.68. The number of nitrogens with zero attached hydrogens (tertiary/aromatic N) is 1. The number of rotatable bonds is 2. The van der Waals surface area contributed by atoms with Gasteiger partial charge < -0.3 is 4.90 Å². The van der Waals surface area contributed by atoms with E-state index in [2.05, 4.69) is 37.2 Å². The van der Waals surface area contributed by atoms with Crippen molar-refractivity contribution in [2.24, 2.45) is 0 Å². The Labute approximate surface area is 130 Å². The fourth-order valence-electron chi connectivity index (χ4n) is 4.03. The third-order valence-corrected chi connectivity index (χ3v) is 5.27. The van der Waals surface area contributed by atoms with Gasteiger partial charge in [0.2, 0.25) is 0 Å². The maximum Gasteiger partial charge on any atom is 0.0133 e. The summed E-state index contributed by atoms with van der Waals surface area (Å²) in [6, 6.07) is 7.84. The van der Waals surface area contributed by atoms with E-state index < -0.39 is 0 Å². The topological polar surface area (TPSA) is 3.24 Å². The van der Waals surface area contributed by atoms with E-state index in [9.17, 15) is 0 Å². The summed E-state index contributed by atoms with van der Waals surface area (Å²) in [6.07, 6.45) is 11.0. The summed E-state index contributed by atoms with van der Waals surface area (Å²) in [4.78, 5) is 2.42. The van der Waals surface area contributed by atoms with Gasteiger partial charge in [-0.2, -0.15) is 0 Å².